The fraction of sp³-hybridized carbons (Fsp3) is 0.308. The monoisotopic (exact) mass is 330 g/mol. The molecule has 2 aromatic heterocycles. The number of hydrazine groups is 1. The number of amides is 3. The van der Waals surface area contributed by atoms with Crippen LogP contribution in [0.5, 0.6) is 6.01 Å². The van der Waals surface area contributed by atoms with Crippen LogP contribution >= 0.6 is 0 Å². The number of aromatic nitrogens is 4. The van der Waals surface area contributed by atoms with Crippen LogP contribution in [0, 0.1) is 0 Å². The van der Waals surface area contributed by atoms with Gasteiger partial charge in [0.2, 0.25) is 5.95 Å². The lowest BCUT2D eigenvalue weighted by Crippen LogP contribution is -2.37. The van der Waals surface area contributed by atoms with Crippen molar-refractivity contribution in [1.29, 1.82) is 0 Å². The quantitative estimate of drug-likeness (QED) is 0.294. The second-order valence-corrected chi connectivity index (χ2v) is 5.45. The molecule has 2 aromatic rings. The van der Waals surface area contributed by atoms with Gasteiger partial charge in [-0.3, -0.25) is 4.79 Å². The number of rotatable bonds is 4. The van der Waals surface area contributed by atoms with Crippen LogP contribution in [0.1, 0.15) is 18.4 Å². The molecule has 0 spiro atoms. The minimum atomic E-state index is -0.689. The zero-order valence-electron chi connectivity index (χ0n) is 12.7. The van der Waals surface area contributed by atoms with Crippen LogP contribution < -0.4 is 21.2 Å². The van der Waals surface area contributed by atoms with Gasteiger partial charge in [-0.1, -0.05) is 0 Å². The van der Waals surface area contributed by atoms with Crippen molar-refractivity contribution in [3.63, 3.8) is 0 Å². The van der Waals surface area contributed by atoms with Crippen molar-refractivity contribution in [2.24, 2.45) is 5.84 Å². The van der Waals surface area contributed by atoms with Crippen LogP contribution in [-0.4, -0.2) is 49.7 Å². The molecule has 4 N–H and O–H groups in total. The Morgan fingerprint density at radius 3 is 2.83 bits per heavy atom. The number of carbonyl (C=O) groups is 2. The summed E-state index contributed by atoms with van der Waals surface area (Å²) in [5.74, 6) is 5.22. The number of ether oxygens (including phenoxy) is 1. The SMILES string of the molecule is COc1nc(NC2CC2)n2ncc(/C=C3\NC(=O)N(N)C3=O)c2n1. The summed E-state index contributed by atoms with van der Waals surface area (Å²) in [6, 6.07) is -0.153. The molecule has 3 heterocycles. The van der Waals surface area contributed by atoms with E-state index >= 15 is 0 Å². The second kappa shape index (κ2) is 5.16. The molecule has 11 heteroatoms. The summed E-state index contributed by atoms with van der Waals surface area (Å²) < 4.78 is 6.65. The molecule has 24 heavy (non-hydrogen) atoms. The van der Waals surface area contributed by atoms with E-state index in [0.29, 0.717) is 28.2 Å². The van der Waals surface area contributed by atoms with E-state index in [-0.39, 0.29) is 11.7 Å². The Labute approximate surface area is 135 Å². The molecule has 2 aliphatic rings. The number of nitrogens with zero attached hydrogens (tertiary/aromatic N) is 5. The smallest absolute Gasteiger partial charge is 0.343 e. The number of anilines is 1. The summed E-state index contributed by atoms with van der Waals surface area (Å²) in [7, 11) is 1.47. The van der Waals surface area contributed by atoms with E-state index in [9.17, 15) is 9.59 Å². The van der Waals surface area contributed by atoms with Gasteiger partial charge in [0.05, 0.1) is 13.3 Å². The number of methoxy groups -OCH3 is 1. The van der Waals surface area contributed by atoms with Crippen LogP contribution in [0.3, 0.4) is 0 Å². The summed E-state index contributed by atoms with van der Waals surface area (Å²) in [6.07, 6.45) is 5.12. The van der Waals surface area contributed by atoms with Crippen LogP contribution in [0.4, 0.5) is 10.7 Å². The highest BCUT2D eigenvalue weighted by Crippen LogP contribution is 2.26. The van der Waals surface area contributed by atoms with E-state index in [1.54, 1.807) is 0 Å². The molecule has 4 rings (SSSR count). The lowest BCUT2D eigenvalue weighted by Gasteiger charge is -2.07. The van der Waals surface area contributed by atoms with Crippen molar-refractivity contribution in [1.82, 2.24) is 29.9 Å². The van der Waals surface area contributed by atoms with Gasteiger partial charge in [-0.2, -0.15) is 24.6 Å². The standard InChI is InChI=1S/C13H14N8O3/c1-24-12-18-9-6(4-8-10(22)20(14)13(23)17-8)5-15-21(9)11(19-12)16-7-2-3-7/h4-5,7H,2-3,14H2,1H3,(H,17,23)(H,16,18,19)/b8-4-. The van der Waals surface area contributed by atoms with Gasteiger partial charge < -0.3 is 15.4 Å². The normalized spacial score (nSPS) is 19.2. The largest absolute Gasteiger partial charge is 0.467 e. The highest BCUT2D eigenvalue weighted by atomic mass is 16.5. The third kappa shape index (κ3) is 2.31. The minimum Gasteiger partial charge on any atom is -0.467 e. The van der Waals surface area contributed by atoms with Crippen molar-refractivity contribution in [3.8, 4) is 6.01 Å². The van der Waals surface area contributed by atoms with Crippen molar-refractivity contribution < 1.29 is 14.3 Å². The Morgan fingerprint density at radius 2 is 2.21 bits per heavy atom. The van der Waals surface area contributed by atoms with E-state index in [1.165, 1.54) is 23.9 Å². The van der Waals surface area contributed by atoms with Gasteiger partial charge in [0.1, 0.15) is 5.70 Å². The highest BCUT2D eigenvalue weighted by Gasteiger charge is 2.31. The Bertz CT molecular complexity index is 885. The highest BCUT2D eigenvalue weighted by molar-refractivity contribution is 6.13. The summed E-state index contributed by atoms with van der Waals surface area (Å²) in [5.41, 5.74) is 1.01. The lowest BCUT2D eigenvalue weighted by atomic mass is 10.2. The van der Waals surface area contributed by atoms with E-state index in [0.717, 1.165) is 12.8 Å². The molecule has 124 valence electrons. The molecule has 0 bridgehead atoms. The first-order chi connectivity index (χ1) is 11.6. The van der Waals surface area contributed by atoms with Crippen LogP contribution in [-0.2, 0) is 4.79 Å². The van der Waals surface area contributed by atoms with Gasteiger partial charge >= 0.3 is 12.0 Å². The van der Waals surface area contributed by atoms with Gasteiger partial charge in [0.15, 0.2) is 5.65 Å². The molecular weight excluding hydrogens is 316 g/mol. The zero-order valence-corrected chi connectivity index (χ0v) is 12.7. The van der Waals surface area contributed by atoms with Gasteiger partial charge in [-0.15, -0.1) is 0 Å². The summed E-state index contributed by atoms with van der Waals surface area (Å²) >= 11 is 0. The van der Waals surface area contributed by atoms with E-state index in [4.69, 9.17) is 10.6 Å². The number of fused-ring (bicyclic) bond motifs is 1. The summed E-state index contributed by atoms with van der Waals surface area (Å²) in [6.45, 7) is 0. The fourth-order valence-electron chi connectivity index (χ4n) is 2.28. The molecule has 0 aromatic carbocycles. The van der Waals surface area contributed by atoms with Gasteiger partial charge in [-0.05, 0) is 18.9 Å². The topological polar surface area (TPSA) is 140 Å². The first-order valence-corrected chi connectivity index (χ1v) is 7.25. The molecule has 11 nitrogen and oxygen atoms in total. The third-order valence-corrected chi connectivity index (χ3v) is 3.68. The van der Waals surface area contributed by atoms with Crippen molar-refractivity contribution in [2.45, 2.75) is 18.9 Å². The van der Waals surface area contributed by atoms with Crippen LogP contribution in [0.2, 0.25) is 0 Å². The van der Waals surface area contributed by atoms with Gasteiger partial charge in [0, 0.05) is 11.6 Å². The predicted octanol–water partition coefficient (Wildman–Crippen LogP) is -0.526. The number of nitrogens with two attached hydrogens (primary N) is 1. The molecular formula is C13H14N8O3. The Balaban J connectivity index is 1.79. The van der Waals surface area contributed by atoms with Crippen molar-refractivity contribution >= 4 is 29.6 Å². The average molecular weight is 330 g/mol. The molecule has 0 atom stereocenters. The molecule has 0 unspecified atom stereocenters. The molecule has 1 aliphatic carbocycles. The molecule has 1 saturated carbocycles. The van der Waals surface area contributed by atoms with E-state index in [1.807, 2.05) is 0 Å². The van der Waals surface area contributed by atoms with Crippen molar-refractivity contribution in [3.05, 3.63) is 17.5 Å². The maximum Gasteiger partial charge on any atom is 0.343 e. The number of hydrogen-bond acceptors (Lipinski definition) is 8. The Hall–Kier alpha value is -3.21. The van der Waals surface area contributed by atoms with Gasteiger partial charge in [-0.25, -0.2) is 10.6 Å². The average Bonchev–Trinajstić information content (AvgIpc) is 3.25. The maximum absolute atomic E-state index is 11.9. The number of hydrogen-bond donors (Lipinski definition) is 3. The second-order valence-electron chi connectivity index (χ2n) is 5.45. The number of nitrogens with one attached hydrogen (secondary N) is 2. The first kappa shape index (κ1) is 14.4. The number of imide groups is 1. The number of urea groups is 1. The maximum atomic E-state index is 11.9. The fourth-order valence-corrected chi connectivity index (χ4v) is 2.28. The molecule has 1 aliphatic heterocycles. The van der Waals surface area contributed by atoms with E-state index < -0.39 is 11.9 Å². The zero-order chi connectivity index (χ0) is 16.8. The van der Waals surface area contributed by atoms with Crippen molar-refractivity contribution in [2.75, 3.05) is 12.4 Å². The summed E-state index contributed by atoms with van der Waals surface area (Å²) in [5, 5.41) is 10.4. The first-order valence-electron chi connectivity index (χ1n) is 7.25. The molecule has 0 radical (unpaired) electrons. The van der Waals surface area contributed by atoms with Crippen LogP contribution in [0.15, 0.2) is 11.9 Å². The molecule has 2 fully saturated rings. The Kier molecular flexibility index (Phi) is 3.09. The molecule has 3 amide bonds. The molecule has 1 saturated heterocycles. The number of carbonyl (C=O) groups excluding carboxylic acids is 2. The lowest BCUT2D eigenvalue weighted by molar-refractivity contribution is -0.123. The minimum absolute atomic E-state index is 0.0479. The summed E-state index contributed by atoms with van der Waals surface area (Å²) in [4.78, 5) is 31.8. The predicted molar refractivity (Wildman–Crippen MR) is 81.5 cm³/mol. The third-order valence-electron chi connectivity index (χ3n) is 3.68. The Morgan fingerprint density at radius 1 is 1.42 bits per heavy atom. The van der Waals surface area contributed by atoms with E-state index in [2.05, 4.69) is 25.7 Å². The van der Waals surface area contributed by atoms with Gasteiger partial charge in [0.25, 0.3) is 5.91 Å². The van der Waals surface area contributed by atoms with Crippen LogP contribution in [0.25, 0.3) is 11.7 Å².